The molecule has 0 bridgehead atoms. The third kappa shape index (κ3) is 5.91. The Morgan fingerprint density at radius 2 is 1.95 bits per heavy atom. The van der Waals surface area contributed by atoms with Gasteiger partial charge in [-0.05, 0) is 32.8 Å². The number of non-ortho nitro benzene ring substituents is 1. The van der Waals surface area contributed by atoms with Gasteiger partial charge < -0.3 is 4.74 Å². The van der Waals surface area contributed by atoms with Crippen molar-refractivity contribution in [3.05, 3.63) is 39.9 Å². The molecule has 1 aromatic carbocycles. The van der Waals surface area contributed by atoms with Crippen molar-refractivity contribution in [1.29, 1.82) is 0 Å². The zero-order valence-electron chi connectivity index (χ0n) is 12.7. The summed E-state index contributed by atoms with van der Waals surface area (Å²) in [7, 11) is 0. The number of benzene rings is 1. The number of nitro groups is 1. The Hall–Kier alpha value is -1.95. The largest absolute Gasteiger partial charge is 0.465 e. The van der Waals surface area contributed by atoms with Gasteiger partial charge in [0.15, 0.2) is 0 Å². The Labute approximate surface area is 124 Å². The van der Waals surface area contributed by atoms with Gasteiger partial charge in [-0.3, -0.25) is 19.8 Å². The highest BCUT2D eigenvalue weighted by atomic mass is 16.6. The molecule has 0 amide bonds. The van der Waals surface area contributed by atoms with Crippen LogP contribution in [0.4, 0.5) is 5.69 Å². The molecule has 0 aliphatic carbocycles. The first-order valence-corrected chi connectivity index (χ1v) is 7.07. The first kappa shape index (κ1) is 17.1. The topological polar surface area (TPSA) is 72.7 Å². The minimum atomic E-state index is -0.412. The number of esters is 1. The van der Waals surface area contributed by atoms with Crippen LogP contribution in [0.5, 0.6) is 0 Å². The summed E-state index contributed by atoms with van der Waals surface area (Å²) in [5.74, 6) is -0.227. The summed E-state index contributed by atoms with van der Waals surface area (Å²) in [5, 5.41) is 10.6. The molecule has 6 nitrogen and oxygen atoms in total. The Balaban J connectivity index is 2.56. The standard InChI is InChI=1S/C15H22N2O4/c1-4-21-15(18)11-16(12(2)3)10-9-13-5-7-14(8-6-13)17(19)20/h5-8,12H,4,9-11H2,1-3H3. The summed E-state index contributed by atoms with van der Waals surface area (Å²) in [6.07, 6.45) is 0.732. The van der Waals surface area contributed by atoms with Gasteiger partial charge in [-0.1, -0.05) is 12.1 Å². The molecule has 0 fully saturated rings. The molecule has 0 heterocycles. The quantitative estimate of drug-likeness (QED) is 0.418. The molecule has 116 valence electrons. The summed E-state index contributed by atoms with van der Waals surface area (Å²) >= 11 is 0. The summed E-state index contributed by atoms with van der Waals surface area (Å²) in [6.45, 7) is 7.18. The highest BCUT2D eigenvalue weighted by Crippen LogP contribution is 2.13. The summed E-state index contributed by atoms with van der Waals surface area (Å²) in [5.41, 5.74) is 1.10. The lowest BCUT2D eigenvalue weighted by Crippen LogP contribution is -2.37. The fourth-order valence-corrected chi connectivity index (χ4v) is 1.95. The number of carbonyl (C=O) groups is 1. The first-order valence-electron chi connectivity index (χ1n) is 7.07. The zero-order chi connectivity index (χ0) is 15.8. The fraction of sp³-hybridized carbons (Fsp3) is 0.533. The lowest BCUT2D eigenvalue weighted by molar-refractivity contribution is -0.384. The van der Waals surface area contributed by atoms with Gasteiger partial charge in [0.05, 0.1) is 18.1 Å². The van der Waals surface area contributed by atoms with Crippen LogP contribution in [-0.2, 0) is 16.0 Å². The number of carbonyl (C=O) groups excluding carboxylic acids is 1. The molecule has 1 rings (SSSR count). The van der Waals surface area contributed by atoms with E-state index in [0.29, 0.717) is 13.2 Å². The van der Waals surface area contributed by atoms with Crippen molar-refractivity contribution in [1.82, 2.24) is 4.90 Å². The molecule has 6 heteroatoms. The lowest BCUT2D eigenvalue weighted by atomic mass is 10.1. The summed E-state index contributed by atoms with van der Waals surface area (Å²) in [6, 6.07) is 6.73. The van der Waals surface area contributed by atoms with Crippen molar-refractivity contribution in [2.75, 3.05) is 19.7 Å². The lowest BCUT2D eigenvalue weighted by Gasteiger charge is -2.25. The molecule has 0 unspecified atom stereocenters. The molecule has 0 saturated heterocycles. The predicted molar refractivity (Wildman–Crippen MR) is 80.1 cm³/mol. The van der Waals surface area contributed by atoms with E-state index in [1.165, 1.54) is 12.1 Å². The van der Waals surface area contributed by atoms with Gasteiger partial charge in [0.1, 0.15) is 0 Å². The summed E-state index contributed by atoms with van der Waals surface area (Å²) < 4.78 is 4.96. The zero-order valence-corrected chi connectivity index (χ0v) is 12.7. The SMILES string of the molecule is CCOC(=O)CN(CCc1ccc([N+](=O)[O-])cc1)C(C)C. The van der Waals surface area contributed by atoms with E-state index < -0.39 is 4.92 Å². The molecule has 0 aliphatic rings. The molecular weight excluding hydrogens is 272 g/mol. The minimum absolute atomic E-state index is 0.0889. The average molecular weight is 294 g/mol. The van der Waals surface area contributed by atoms with Crippen LogP contribution in [0.25, 0.3) is 0 Å². The molecule has 0 atom stereocenters. The van der Waals surface area contributed by atoms with E-state index in [4.69, 9.17) is 4.74 Å². The third-order valence-corrected chi connectivity index (χ3v) is 3.20. The second-order valence-electron chi connectivity index (χ2n) is 5.04. The molecule has 0 spiro atoms. The highest BCUT2D eigenvalue weighted by Gasteiger charge is 2.15. The molecule has 0 radical (unpaired) electrons. The Kier molecular flexibility index (Phi) is 6.81. The molecule has 0 N–H and O–H groups in total. The maximum Gasteiger partial charge on any atom is 0.320 e. The highest BCUT2D eigenvalue weighted by molar-refractivity contribution is 5.71. The molecule has 0 saturated carbocycles. The molecule has 0 aromatic heterocycles. The van der Waals surface area contributed by atoms with Crippen molar-refractivity contribution >= 4 is 11.7 Å². The Morgan fingerprint density at radius 1 is 1.33 bits per heavy atom. The van der Waals surface area contributed by atoms with Crippen molar-refractivity contribution in [3.63, 3.8) is 0 Å². The van der Waals surface area contributed by atoms with Gasteiger partial charge >= 0.3 is 5.97 Å². The number of hydrogen-bond donors (Lipinski definition) is 0. The van der Waals surface area contributed by atoms with E-state index in [1.54, 1.807) is 19.1 Å². The van der Waals surface area contributed by atoms with Gasteiger partial charge in [0.2, 0.25) is 0 Å². The number of hydrogen-bond acceptors (Lipinski definition) is 5. The monoisotopic (exact) mass is 294 g/mol. The van der Waals surface area contributed by atoms with Gasteiger partial charge in [0.25, 0.3) is 5.69 Å². The second kappa shape index (κ2) is 8.36. The number of nitro benzene ring substituents is 1. The van der Waals surface area contributed by atoms with Crippen molar-refractivity contribution in [2.45, 2.75) is 33.2 Å². The van der Waals surface area contributed by atoms with E-state index >= 15 is 0 Å². The normalized spacial score (nSPS) is 10.9. The minimum Gasteiger partial charge on any atom is -0.465 e. The van der Waals surface area contributed by atoms with Crippen LogP contribution in [0.3, 0.4) is 0 Å². The number of ether oxygens (including phenoxy) is 1. The van der Waals surface area contributed by atoms with E-state index in [-0.39, 0.29) is 24.2 Å². The number of rotatable bonds is 8. The fourth-order valence-electron chi connectivity index (χ4n) is 1.95. The van der Waals surface area contributed by atoms with Gasteiger partial charge in [0, 0.05) is 24.7 Å². The molecule has 1 aromatic rings. The van der Waals surface area contributed by atoms with Crippen LogP contribution in [0.15, 0.2) is 24.3 Å². The van der Waals surface area contributed by atoms with Crippen LogP contribution < -0.4 is 0 Å². The Morgan fingerprint density at radius 3 is 2.43 bits per heavy atom. The maximum atomic E-state index is 11.6. The first-order chi connectivity index (χ1) is 9.93. The van der Waals surface area contributed by atoms with Crippen LogP contribution in [-0.4, -0.2) is 41.5 Å². The molecule has 0 aliphatic heterocycles. The van der Waals surface area contributed by atoms with Gasteiger partial charge in [-0.2, -0.15) is 0 Å². The molecular formula is C15H22N2O4. The third-order valence-electron chi connectivity index (χ3n) is 3.20. The van der Waals surface area contributed by atoms with Crippen LogP contribution in [0.1, 0.15) is 26.3 Å². The summed E-state index contributed by atoms with van der Waals surface area (Å²) in [4.78, 5) is 23.8. The Bertz CT molecular complexity index is 471. The van der Waals surface area contributed by atoms with Crippen molar-refractivity contribution in [3.8, 4) is 0 Å². The van der Waals surface area contributed by atoms with Gasteiger partial charge in [-0.25, -0.2) is 0 Å². The smallest absolute Gasteiger partial charge is 0.320 e. The van der Waals surface area contributed by atoms with Crippen molar-refractivity contribution in [2.24, 2.45) is 0 Å². The molecule has 21 heavy (non-hydrogen) atoms. The second-order valence-corrected chi connectivity index (χ2v) is 5.04. The predicted octanol–water partition coefficient (Wildman–Crippen LogP) is 2.41. The van der Waals surface area contributed by atoms with E-state index in [1.807, 2.05) is 18.7 Å². The number of nitrogens with zero attached hydrogens (tertiary/aromatic N) is 2. The van der Waals surface area contributed by atoms with E-state index in [9.17, 15) is 14.9 Å². The van der Waals surface area contributed by atoms with E-state index in [0.717, 1.165) is 12.0 Å². The van der Waals surface area contributed by atoms with Crippen LogP contribution >= 0.6 is 0 Å². The maximum absolute atomic E-state index is 11.6. The van der Waals surface area contributed by atoms with Gasteiger partial charge in [-0.15, -0.1) is 0 Å². The average Bonchev–Trinajstić information content (AvgIpc) is 2.43. The van der Waals surface area contributed by atoms with Crippen LogP contribution in [0.2, 0.25) is 0 Å². The van der Waals surface area contributed by atoms with Crippen molar-refractivity contribution < 1.29 is 14.5 Å². The van der Waals surface area contributed by atoms with Crippen LogP contribution in [0, 0.1) is 10.1 Å². The van der Waals surface area contributed by atoms with E-state index in [2.05, 4.69) is 0 Å².